The number of halogens is 2. The van der Waals surface area contributed by atoms with Gasteiger partial charge >= 0.3 is 11.9 Å². The van der Waals surface area contributed by atoms with Crippen molar-refractivity contribution in [2.24, 2.45) is 0 Å². The Morgan fingerprint density at radius 3 is 2.18 bits per heavy atom. The summed E-state index contributed by atoms with van der Waals surface area (Å²) in [5.74, 6) is -3.48. The maximum atomic E-state index is 12.3. The van der Waals surface area contributed by atoms with Crippen molar-refractivity contribution >= 4 is 50.8 Å². The molecular formula is C16H14Cl2N2O7S. The van der Waals surface area contributed by atoms with Crippen LogP contribution in [0, 0.1) is 0 Å². The largest absolute Gasteiger partial charge is 0.507 e. The van der Waals surface area contributed by atoms with Crippen LogP contribution >= 0.6 is 23.2 Å². The normalized spacial score (nSPS) is 11.3. The van der Waals surface area contributed by atoms with Gasteiger partial charge in [0.2, 0.25) is 10.0 Å². The first-order chi connectivity index (χ1) is 12.9. The lowest BCUT2D eigenvalue weighted by Crippen LogP contribution is -2.22. The molecule has 150 valence electrons. The number of rotatable bonds is 5. The minimum Gasteiger partial charge on any atom is -0.507 e. The van der Waals surface area contributed by atoms with Gasteiger partial charge < -0.3 is 20.3 Å². The van der Waals surface area contributed by atoms with Crippen LogP contribution in [0.25, 0.3) is 0 Å². The van der Waals surface area contributed by atoms with E-state index >= 15 is 0 Å². The number of carbonyl (C=O) groups is 2. The number of carboxylic acid groups (broad SMARTS) is 1. The number of ether oxygens (including phenoxy) is 1. The third-order valence-electron chi connectivity index (χ3n) is 3.36. The zero-order chi connectivity index (χ0) is 21.2. The van der Waals surface area contributed by atoms with E-state index in [1.165, 1.54) is 32.3 Å². The number of benzene rings is 2. The van der Waals surface area contributed by atoms with Crippen LogP contribution < -0.4 is 10.1 Å². The van der Waals surface area contributed by atoms with Gasteiger partial charge in [-0.1, -0.05) is 23.2 Å². The molecule has 0 bridgehead atoms. The number of phenolic OH excluding ortho intramolecular Hbond substituents is 1. The van der Waals surface area contributed by atoms with Crippen molar-refractivity contribution in [1.29, 1.82) is 0 Å². The fourth-order valence-corrected chi connectivity index (χ4v) is 3.55. The number of carboxylic acids is 1. The average Bonchev–Trinajstić information content (AvgIpc) is 2.59. The second kappa shape index (κ2) is 8.23. The lowest BCUT2D eigenvalue weighted by molar-refractivity contribution is -0.147. The molecule has 3 N–H and O–H groups in total. The third kappa shape index (κ3) is 4.65. The van der Waals surface area contributed by atoms with Crippen LogP contribution in [0.5, 0.6) is 17.2 Å². The van der Waals surface area contributed by atoms with Crippen LogP contribution in [0.4, 0.5) is 5.69 Å². The third-order valence-corrected chi connectivity index (χ3v) is 5.77. The van der Waals surface area contributed by atoms with E-state index in [9.17, 15) is 23.1 Å². The van der Waals surface area contributed by atoms with Crippen LogP contribution in [-0.2, 0) is 19.6 Å². The molecule has 0 radical (unpaired) electrons. The van der Waals surface area contributed by atoms with Crippen LogP contribution in [0.15, 0.2) is 35.2 Å². The van der Waals surface area contributed by atoms with Crippen LogP contribution in [-0.4, -0.2) is 48.9 Å². The number of sulfonamides is 1. The van der Waals surface area contributed by atoms with Gasteiger partial charge in [0, 0.05) is 25.8 Å². The topological polar surface area (TPSA) is 133 Å². The molecule has 0 heterocycles. The molecule has 28 heavy (non-hydrogen) atoms. The Bertz CT molecular complexity index is 1030. The highest BCUT2D eigenvalue weighted by molar-refractivity contribution is 7.89. The van der Waals surface area contributed by atoms with E-state index in [1.807, 2.05) is 0 Å². The summed E-state index contributed by atoms with van der Waals surface area (Å²) < 4.78 is 31.0. The van der Waals surface area contributed by atoms with E-state index < -0.39 is 27.6 Å². The van der Waals surface area contributed by atoms with E-state index in [0.717, 1.165) is 16.4 Å². The SMILES string of the molecule is CN(C)S(=O)(=O)c1cc(Oc2c(Cl)cc(NC(=O)C(=O)O)cc2Cl)ccc1O. The van der Waals surface area contributed by atoms with E-state index in [2.05, 4.69) is 5.32 Å². The molecule has 0 aliphatic heterocycles. The summed E-state index contributed by atoms with van der Waals surface area (Å²) in [4.78, 5) is 21.4. The molecule has 0 aliphatic carbocycles. The number of anilines is 1. The lowest BCUT2D eigenvalue weighted by Gasteiger charge is -2.15. The van der Waals surface area contributed by atoms with Crippen molar-refractivity contribution in [2.45, 2.75) is 4.90 Å². The van der Waals surface area contributed by atoms with Crippen molar-refractivity contribution in [3.8, 4) is 17.2 Å². The quantitative estimate of drug-likeness (QED) is 0.598. The molecule has 2 rings (SSSR count). The zero-order valence-electron chi connectivity index (χ0n) is 14.4. The van der Waals surface area contributed by atoms with Crippen molar-refractivity contribution in [2.75, 3.05) is 19.4 Å². The second-order valence-corrected chi connectivity index (χ2v) is 8.48. The highest BCUT2D eigenvalue weighted by Gasteiger charge is 2.23. The Balaban J connectivity index is 2.39. The van der Waals surface area contributed by atoms with Crippen molar-refractivity contribution < 1.29 is 33.0 Å². The minimum atomic E-state index is -3.94. The predicted octanol–water partition coefficient (Wildman–Crippen LogP) is 2.76. The fourth-order valence-electron chi connectivity index (χ4n) is 1.99. The summed E-state index contributed by atoms with van der Waals surface area (Å²) in [7, 11) is -1.33. The van der Waals surface area contributed by atoms with Crippen molar-refractivity contribution in [3.05, 3.63) is 40.4 Å². The Labute approximate surface area is 170 Å². The van der Waals surface area contributed by atoms with Crippen LogP contribution in [0.3, 0.4) is 0 Å². The van der Waals surface area contributed by atoms with Gasteiger partial charge in [0.1, 0.15) is 16.4 Å². The number of hydrogen-bond acceptors (Lipinski definition) is 6. The molecule has 0 atom stereocenters. The molecule has 0 saturated carbocycles. The lowest BCUT2D eigenvalue weighted by atomic mass is 10.2. The van der Waals surface area contributed by atoms with Crippen LogP contribution in [0.2, 0.25) is 10.0 Å². The molecule has 0 aromatic heterocycles. The van der Waals surface area contributed by atoms with Crippen molar-refractivity contribution in [3.63, 3.8) is 0 Å². The number of carbonyl (C=O) groups excluding carboxylic acids is 1. The summed E-state index contributed by atoms with van der Waals surface area (Å²) in [6.07, 6.45) is 0. The van der Waals surface area contributed by atoms with E-state index in [4.69, 9.17) is 33.0 Å². The van der Waals surface area contributed by atoms with Gasteiger partial charge in [-0.05, 0) is 24.3 Å². The summed E-state index contributed by atoms with van der Waals surface area (Å²) in [6, 6.07) is 5.95. The molecule has 2 aromatic rings. The number of aromatic hydroxyl groups is 1. The van der Waals surface area contributed by atoms with Gasteiger partial charge in [-0.15, -0.1) is 0 Å². The summed E-state index contributed by atoms with van der Waals surface area (Å²) in [5.41, 5.74) is 0.0244. The number of amides is 1. The Morgan fingerprint density at radius 1 is 1.11 bits per heavy atom. The minimum absolute atomic E-state index is 0.0179. The van der Waals surface area contributed by atoms with Gasteiger partial charge in [-0.2, -0.15) is 0 Å². The van der Waals surface area contributed by atoms with Gasteiger partial charge in [0.05, 0.1) is 10.0 Å². The Hall–Kier alpha value is -2.53. The van der Waals surface area contributed by atoms with E-state index in [-0.39, 0.29) is 32.1 Å². The maximum Gasteiger partial charge on any atom is 0.394 e. The first-order valence-electron chi connectivity index (χ1n) is 7.40. The molecule has 0 spiro atoms. The predicted molar refractivity (Wildman–Crippen MR) is 102 cm³/mol. The van der Waals surface area contributed by atoms with Gasteiger partial charge in [0.15, 0.2) is 5.75 Å². The maximum absolute atomic E-state index is 12.3. The van der Waals surface area contributed by atoms with E-state index in [0.29, 0.717) is 0 Å². The van der Waals surface area contributed by atoms with Gasteiger partial charge in [-0.25, -0.2) is 17.5 Å². The zero-order valence-corrected chi connectivity index (χ0v) is 16.8. The standard InChI is InChI=1S/C16H14Cl2N2O7S/c1-20(2)28(25,26)13-7-9(3-4-12(13)21)27-14-10(17)5-8(6-11(14)18)19-15(22)16(23)24/h3-7,21H,1-2H3,(H,19,22)(H,23,24). The molecule has 0 unspecified atom stereocenters. The number of aliphatic carboxylic acids is 1. The molecular weight excluding hydrogens is 435 g/mol. The van der Waals surface area contributed by atoms with Gasteiger partial charge in [0.25, 0.3) is 0 Å². The molecule has 2 aromatic carbocycles. The molecule has 1 amide bonds. The average molecular weight is 449 g/mol. The highest BCUT2D eigenvalue weighted by atomic mass is 35.5. The smallest absolute Gasteiger partial charge is 0.394 e. The molecule has 0 aliphatic rings. The van der Waals surface area contributed by atoms with Crippen LogP contribution in [0.1, 0.15) is 0 Å². The van der Waals surface area contributed by atoms with E-state index in [1.54, 1.807) is 0 Å². The van der Waals surface area contributed by atoms with Crippen molar-refractivity contribution in [1.82, 2.24) is 4.31 Å². The highest BCUT2D eigenvalue weighted by Crippen LogP contribution is 2.40. The number of nitrogens with zero attached hydrogens (tertiary/aromatic N) is 1. The first-order valence-corrected chi connectivity index (χ1v) is 9.59. The summed E-state index contributed by atoms with van der Waals surface area (Å²) in [5, 5.41) is 20.4. The summed E-state index contributed by atoms with van der Waals surface area (Å²) >= 11 is 12.1. The van der Waals surface area contributed by atoms with Gasteiger partial charge in [-0.3, -0.25) is 4.79 Å². The Kier molecular flexibility index (Phi) is 6.40. The number of hydrogen-bond donors (Lipinski definition) is 3. The second-order valence-electron chi connectivity index (χ2n) is 5.55. The molecule has 9 nitrogen and oxygen atoms in total. The molecule has 0 fully saturated rings. The molecule has 0 saturated heterocycles. The number of phenols is 1. The molecule has 12 heteroatoms. The monoisotopic (exact) mass is 448 g/mol. The Morgan fingerprint density at radius 2 is 1.68 bits per heavy atom. The fraction of sp³-hybridized carbons (Fsp3) is 0.125. The number of nitrogens with one attached hydrogen (secondary N) is 1. The first kappa shape index (κ1) is 21.8. The summed E-state index contributed by atoms with van der Waals surface area (Å²) in [6.45, 7) is 0.